The Balaban J connectivity index is 1.72. The maximum absolute atomic E-state index is 6.59. The number of benzene rings is 2. The van der Waals surface area contributed by atoms with Gasteiger partial charge >= 0.3 is 0 Å². The predicted octanol–water partition coefficient (Wildman–Crippen LogP) is 6.07. The normalized spacial score (nSPS) is 25.7. The molecule has 0 aromatic heterocycles. The second kappa shape index (κ2) is 6.85. The molecule has 3 rings (SSSR count). The Hall–Kier alpha value is -0.980. The Bertz CT molecular complexity index is 579. The second-order valence-corrected chi connectivity index (χ2v) is 7.03. The molecule has 0 saturated heterocycles. The van der Waals surface area contributed by atoms with E-state index in [0.717, 1.165) is 17.9 Å². The second-order valence-electron chi connectivity index (χ2n) is 6.03. The van der Waals surface area contributed by atoms with Crippen molar-refractivity contribution in [2.75, 3.05) is 0 Å². The van der Waals surface area contributed by atoms with Gasteiger partial charge < -0.3 is 0 Å². The monoisotopic (exact) mass is 318 g/mol. The van der Waals surface area contributed by atoms with Gasteiger partial charge in [0, 0.05) is 10.4 Å². The molecule has 1 fully saturated rings. The zero-order valence-corrected chi connectivity index (χ0v) is 13.5. The molecule has 1 aliphatic rings. The Kier molecular flexibility index (Phi) is 4.87. The largest absolute Gasteiger partial charge is 0.123 e. The van der Waals surface area contributed by atoms with E-state index >= 15 is 0 Å². The van der Waals surface area contributed by atoms with Gasteiger partial charge in [0.2, 0.25) is 0 Å². The van der Waals surface area contributed by atoms with Crippen LogP contribution in [0.1, 0.15) is 36.3 Å². The van der Waals surface area contributed by atoms with Crippen molar-refractivity contribution in [3.05, 3.63) is 70.7 Å². The van der Waals surface area contributed by atoms with E-state index in [9.17, 15) is 0 Å². The van der Waals surface area contributed by atoms with Crippen molar-refractivity contribution >= 4 is 23.2 Å². The van der Waals surface area contributed by atoms with E-state index in [1.54, 1.807) is 0 Å². The molecular formula is C19H20Cl2. The Morgan fingerprint density at radius 1 is 0.952 bits per heavy atom. The fourth-order valence-corrected chi connectivity index (χ4v) is 3.96. The van der Waals surface area contributed by atoms with Crippen LogP contribution in [0, 0.1) is 5.92 Å². The van der Waals surface area contributed by atoms with Gasteiger partial charge in [-0.25, -0.2) is 0 Å². The van der Waals surface area contributed by atoms with Crippen LogP contribution in [0.3, 0.4) is 0 Å². The molecule has 0 heterocycles. The van der Waals surface area contributed by atoms with E-state index in [-0.39, 0.29) is 5.38 Å². The third-order valence-electron chi connectivity index (χ3n) is 4.55. The maximum atomic E-state index is 6.59. The molecule has 2 heteroatoms. The molecule has 0 amide bonds. The highest BCUT2D eigenvalue weighted by molar-refractivity contribution is 6.30. The molecule has 1 aliphatic carbocycles. The van der Waals surface area contributed by atoms with Crippen LogP contribution in [-0.4, -0.2) is 5.38 Å². The third-order valence-corrected chi connectivity index (χ3v) is 5.36. The highest BCUT2D eigenvalue weighted by atomic mass is 35.5. The lowest BCUT2D eigenvalue weighted by atomic mass is 9.75. The van der Waals surface area contributed by atoms with E-state index < -0.39 is 0 Å². The van der Waals surface area contributed by atoms with Gasteiger partial charge in [0.15, 0.2) is 0 Å². The van der Waals surface area contributed by atoms with E-state index in [1.165, 1.54) is 24.0 Å². The minimum absolute atomic E-state index is 0.281. The van der Waals surface area contributed by atoms with Crippen molar-refractivity contribution in [3.63, 3.8) is 0 Å². The van der Waals surface area contributed by atoms with E-state index in [4.69, 9.17) is 23.2 Å². The Morgan fingerprint density at radius 3 is 2.52 bits per heavy atom. The van der Waals surface area contributed by atoms with Crippen LogP contribution in [0.15, 0.2) is 54.6 Å². The first-order valence-electron chi connectivity index (χ1n) is 7.66. The number of alkyl halides is 1. The van der Waals surface area contributed by atoms with Gasteiger partial charge in [-0.1, -0.05) is 54.1 Å². The zero-order chi connectivity index (χ0) is 14.7. The number of hydrogen-bond acceptors (Lipinski definition) is 0. The summed E-state index contributed by atoms with van der Waals surface area (Å²) < 4.78 is 0. The molecule has 0 N–H and O–H groups in total. The molecule has 2 aromatic rings. The van der Waals surface area contributed by atoms with Crippen molar-refractivity contribution in [2.45, 2.75) is 37.0 Å². The smallest absolute Gasteiger partial charge is 0.0408 e. The minimum atomic E-state index is 0.281. The SMILES string of the molecule is Clc1cccc(CC2CC(c3ccccc3)CCC2Cl)c1. The fraction of sp³-hybridized carbons (Fsp3) is 0.368. The average Bonchev–Trinajstić information content (AvgIpc) is 2.50. The quantitative estimate of drug-likeness (QED) is 0.602. The van der Waals surface area contributed by atoms with E-state index in [0.29, 0.717) is 11.8 Å². The molecule has 2 aromatic carbocycles. The van der Waals surface area contributed by atoms with Crippen molar-refractivity contribution in [1.29, 1.82) is 0 Å². The van der Waals surface area contributed by atoms with Crippen LogP contribution in [-0.2, 0) is 6.42 Å². The zero-order valence-electron chi connectivity index (χ0n) is 12.0. The van der Waals surface area contributed by atoms with Crippen molar-refractivity contribution in [3.8, 4) is 0 Å². The highest BCUT2D eigenvalue weighted by Gasteiger charge is 2.29. The van der Waals surface area contributed by atoms with Crippen LogP contribution in [0.4, 0.5) is 0 Å². The summed E-state index contributed by atoms with van der Waals surface area (Å²) in [5.74, 6) is 1.18. The molecule has 110 valence electrons. The Labute approximate surface area is 137 Å². The molecule has 0 spiro atoms. The van der Waals surface area contributed by atoms with Crippen molar-refractivity contribution in [1.82, 2.24) is 0 Å². The molecule has 1 saturated carbocycles. The highest BCUT2D eigenvalue weighted by Crippen LogP contribution is 2.40. The lowest BCUT2D eigenvalue weighted by Gasteiger charge is -2.33. The summed E-state index contributed by atoms with van der Waals surface area (Å²) >= 11 is 12.7. The molecule has 0 aliphatic heterocycles. The lowest BCUT2D eigenvalue weighted by molar-refractivity contribution is 0.327. The van der Waals surface area contributed by atoms with E-state index in [2.05, 4.69) is 42.5 Å². The molecule has 21 heavy (non-hydrogen) atoms. The lowest BCUT2D eigenvalue weighted by Crippen LogP contribution is -2.26. The van der Waals surface area contributed by atoms with E-state index in [1.807, 2.05) is 12.1 Å². The summed E-state index contributed by atoms with van der Waals surface area (Å²) in [5.41, 5.74) is 2.75. The number of hydrogen-bond donors (Lipinski definition) is 0. The van der Waals surface area contributed by atoms with Gasteiger partial charge in [0.1, 0.15) is 0 Å². The summed E-state index contributed by atoms with van der Waals surface area (Å²) in [7, 11) is 0. The molecule has 0 nitrogen and oxygen atoms in total. The van der Waals surface area contributed by atoms with Gasteiger partial charge in [0.05, 0.1) is 0 Å². The topological polar surface area (TPSA) is 0 Å². The predicted molar refractivity (Wildman–Crippen MR) is 91.3 cm³/mol. The number of rotatable bonds is 3. The molecule has 0 bridgehead atoms. The van der Waals surface area contributed by atoms with Gasteiger partial charge in [-0.15, -0.1) is 11.6 Å². The summed E-state index contributed by atoms with van der Waals surface area (Å²) in [6.45, 7) is 0. The van der Waals surface area contributed by atoms with Gasteiger partial charge in [-0.2, -0.15) is 0 Å². The van der Waals surface area contributed by atoms with Crippen LogP contribution < -0.4 is 0 Å². The summed E-state index contributed by atoms with van der Waals surface area (Å²) in [4.78, 5) is 0. The van der Waals surface area contributed by atoms with Crippen LogP contribution in [0.5, 0.6) is 0 Å². The van der Waals surface area contributed by atoms with Crippen LogP contribution >= 0.6 is 23.2 Å². The van der Waals surface area contributed by atoms with Gasteiger partial charge in [0.25, 0.3) is 0 Å². The molecule has 3 unspecified atom stereocenters. The maximum Gasteiger partial charge on any atom is 0.0408 e. The van der Waals surface area contributed by atoms with Crippen LogP contribution in [0.2, 0.25) is 5.02 Å². The van der Waals surface area contributed by atoms with Gasteiger partial charge in [-0.3, -0.25) is 0 Å². The summed E-state index contributed by atoms with van der Waals surface area (Å²) in [6, 6.07) is 19.0. The average molecular weight is 319 g/mol. The summed E-state index contributed by atoms with van der Waals surface area (Å²) in [5, 5.41) is 1.10. The molecule has 3 atom stereocenters. The minimum Gasteiger partial charge on any atom is -0.123 e. The molecular weight excluding hydrogens is 299 g/mol. The first kappa shape index (κ1) is 14.9. The Morgan fingerprint density at radius 2 is 1.76 bits per heavy atom. The summed E-state index contributed by atoms with van der Waals surface area (Å²) in [6.07, 6.45) is 4.50. The first-order chi connectivity index (χ1) is 10.2. The van der Waals surface area contributed by atoms with Crippen molar-refractivity contribution < 1.29 is 0 Å². The van der Waals surface area contributed by atoms with Crippen molar-refractivity contribution in [2.24, 2.45) is 5.92 Å². The first-order valence-corrected chi connectivity index (χ1v) is 8.47. The molecule has 0 radical (unpaired) electrons. The third kappa shape index (κ3) is 3.81. The fourth-order valence-electron chi connectivity index (χ4n) is 3.43. The number of halogens is 2. The van der Waals surface area contributed by atoms with Crippen LogP contribution in [0.25, 0.3) is 0 Å². The van der Waals surface area contributed by atoms with Gasteiger partial charge in [-0.05, 0) is 60.8 Å². The standard InChI is InChI=1S/C19H20Cl2/c20-18-8-4-5-14(12-18)11-17-13-16(9-10-19(17)21)15-6-2-1-3-7-15/h1-8,12,16-17,19H,9-11,13H2.